The largest absolute Gasteiger partial charge is 0.482 e. The fourth-order valence-corrected chi connectivity index (χ4v) is 2.39. The van der Waals surface area contributed by atoms with Crippen molar-refractivity contribution in [3.8, 4) is 5.75 Å². The standard InChI is InChI=1S/C19H21NO5/c1-13(14-8-10-16(11-9-14)25-12-17(21)22)20-19(23)18(24-2)15-6-4-3-5-7-15/h3-11,13,18H,12H2,1-2H3,(H,20,23)(H,21,22)/t13?,18-/m1/s1. The lowest BCUT2D eigenvalue weighted by atomic mass is 10.1. The predicted molar refractivity (Wildman–Crippen MR) is 92.3 cm³/mol. The van der Waals surface area contributed by atoms with Crippen molar-refractivity contribution in [1.29, 1.82) is 0 Å². The number of carboxylic acid groups (broad SMARTS) is 1. The molecule has 0 aliphatic rings. The molecule has 0 saturated heterocycles. The van der Waals surface area contributed by atoms with Gasteiger partial charge in [-0.2, -0.15) is 0 Å². The molecule has 6 nitrogen and oxygen atoms in total. The van der Waals surface area contributed by atoms with Gasteiger partial charge in [0.2, 0.25) is 0 Å². The minimum absolute atomic E-state index is 0.229. The van der Waals surface area contributed by atoms with Crippen LogP contribution in [0.25, 0.3) is 0 Å². The van der Waals surface area contributed by atoms with Gasteiger partial charge in [-0.25, -0.2) is 4.79 Å². The van der Waals surface area contributed by atoms with Crippen LogP contribution in [0.4, 0.5) is 0 Å². The zero-order valence-corrected chi connectivity index (χ0v) is 14.1. The molecule has 2 aromatic carbocycles. The Balaban J connectivity index is 1.99. The Bertz CT molecular complexity index is 700. The van der Waals surface area contributed by atoms with E-state index in [9.17, 15) is 9.59 Å². The quantitative estimate of drug-likeness (QED) is 0.770. The van der Waals surface area contributed by atoms with Gasteiger partial charge in [0.25, 0.3) is 5.91 Å². The molecule has 6 heteroatoms. The molecule has 0 heterocycles. The van der Waals surface area contributed by atoms with Crippen LogP contribution in [0.1, 0.15) is 30.2 Å². The maximum absolute atomic E-state index is 12.5. The van der Waals surface area contributed by atoms with Gasteiger partial charge >= 0.3 is 5.97 Å². The zero-order chi connectivity index (χ0) is 18.2. The minimum atomic E-state index is -1.03. The highest BCUT2D eigenvalue weighted by Crippen LogP contribution is 2.21. The molecule has 0 aromatic heterocycles. The van der Waals surface area contributed by atoms with Crippen molar-refractivity contribution in [2.24, 2.45) is 0 Å². The summed E-state index contributed by atoms with van der Waals surface area (Å²) < 4.78 is 10.4. The summed E-state index contributed by atoms with van der Waals surface area (Å²) in [6, 6.07) is 15.9. The number of amides is 1. The molecule has 25 heavy (non-hydrogen) atoms. The van der Waals surface area contributed by atoms with E-state index >= 15 is 0 Å². The van der Waals surface area contributed by atoms with Gasteiger partial charge in [0, 0.05) is 7.11 Å². The van der Waals surface area contributed by atoms with Gasteiger partial charge in [-0.05, 0) is 30.2 Å². The average Bonchev–Trinajstić information content (AvgIpc) is 2.62. The molecule has 0 saturated carbocycles. The Morgan fingerprint density at radius 2 is 1.68 bits per heavy atom. The fourth-order valence-electron chi connectivity index (χ4n) is 2.39. The summed E-state index contributed by atoms with van der Waals surface area (Å²) in [5.74, 6) is -0.799. The first-order valence-corrected chi connectivity index (χ1v) is 7.84. The lowest BCUT2D eigenvalue weighted by molar-refractivity contribution is -0.139. The lowest BCUT2D eigenvalue weighted by Crippen LogP contribution is -2.32. The maximum Gasteiger partial charge on any atom is 0.341 e. The number of hydrogen-bond donors (Lipinski definition) is 2. The van der Waals surface area contributed by atoms with Crippen LogP contribution >= 0.6 is 0 Å². The molecule has 0 fully saturated rings. The molecule has 0 radical (unpaired) electrons. The molecule has 0 spiro atoms. The number of aliphatic carboxylic acids is 1. The molecule has 1 unspecified atom stereocenters. The van der Waals surface area contributed by atoms with Gasteiger partial charge in [0.1, 0.15) is 5.75 Å². The Kier molecular flexibility index (Phi) is 6.54. The lowest BCUT2D eigenvalue weighted by Gasteiger charge is -2.20. The first kappa shape index (κ1) is 18.5. The number of carbonyl (C=O) groups excluding carboxylic acids is 1. The molecule has 2 aromatic rings. The second kappa shape index (κ2) is 8.84. The van der Waals surface area contributed by atoms with Crippen molar-refractivity contribution in [2.45, 2.75) is 19.1 Å². The number of ether oxygens (including phenoxy) is 2. The second-order valence-corrected chi connectivity index (χ2v) is 5.51. The molecule has 1 amide bonds. The smallest absolute Gasteiger partial charge is 0.341 e. The Morgan fingerprint density at radius 3 is 2.24 bits per heavy atom. The Morgan fingerprint density at radius 1 is 1.04 bits per heavy atom. The highest BCUT2D eigenvalue weighted by Gasteiger charge is 2.21. The van der Waals surface area contributed by atoms with E-state index in [1.165, 1.54) is 7.11 Å². The molecule has 132 valence electrons. The van der Waals surface area contributed by atoms with Crippen molar-refractivity contribution < 1.29 is 24.2 Å². The summed E-state index contributed by atoms with van der Waals surface area (Å²) >= 11 is 0. The molecule has 2 N–H and O–H groups in total. The fraction of sp³-hybridized carbons (Fsp3) is 0.263. The summed E-state index contributed by atoms with van der Waals surface area (Å²) in [4.78, 5) is 23.0. The van der Waals surface area contributed by atoms with Gasteiger partial charge in [0.15, 0.2) is 12.7 Å². The summed E-state index contributed by atoms with van der Waals surface area (Å²) in [5.41, 5.74) is 1.66. The first-order valence-electron chi connectivity index (χ1n) is 7.84. The van der Waals surface area contributed by atoms with Crippen LogP contribution in [0.5, 0.6) is 5.75 Å². The van der Waals surface area contributed by atoms with Crippen LogP contribution in [0.15, 0.2) is 54.6 Å². The average molecular weight is 343 g/mol. The summed E-state index contributed by atoms with van der Waals surface area (Å²) in [6.45, 7) is 1.47. The molecule has 0 aliphatic carbocycles. The second-order valence-electron chi connectivity index (χ2n) is 5.51. The third-order valence-electron chi connectivity index (χ3n) is 3.68. The summed E-state index contributed by atoms with van der Waals surface area (Å²) in [7, 11) is 1.50. The summed E-state index contributed by atoms with van der Waals surface area (Å²) in [5, 5.41) is 11.5. The van der Waals surface area contributed by atoms with E-state index in [0.29, 0.717) is 5.75 Å². The van der Waals surface area contributed by atoms with Crippen molar-refractivity contribution in [2.75, 3.05) is 13.7 Å². The third kappa shape index (κ3) is 5.32. The summed E-state index contributed by atoms with van der Waals surface area (Å²) in [6.07, 6.45) is -0.679. The van der Waals surface area contributed by atoms with E-state index in [-0.39, 0.29) is 11.9 Å². The van der Waals surface area contributed by atoms with Gasteiger partial charge in [-0.15, -0.1) is 0 Å². The highest BCUT2D eigenvalue weighted by atomic mass is 16.5. The molecular formula is C19H21NO5. The molecule has 0 bridgehead atoms. The van der Waals surface area contributed by atoms with E-state index in [4.69, 9.17) is 14.6 Å². The van der Waals surface area contributed by atoms with Gasteiger partial charge in [-0.1, -0.05) is 42.5 Å². The zero-order valence-electron chi connectivity index (χ0n) is 14.1. The van der Waals surface area contributed by atoms with E-state index < -0.39 is 18.7 Å². The van der Waals surface area contributed by atoms with Gasteiger partial charge in [0.05, 0.1) is 6.04 Å². The number of carboxylic acids is 1. The topological polar surface area (TPSA) is 84.9 Å². The minimum Gasteiger partial charge on any atom is -0.482 e. The van der Waals surface area contributed by atoms with Crippen molar-refractivity contribution in [3.05, 3.63) is 65.7 Å². The monoisotopic (exact) mass is 343 g/mol. The Labute approximate surface area is 146 Å². The van der Waals surface area contributed by atoms with Gasteiger partial charge in [-0.3, -0.25) is 4.79 Å². The molecule has 2 rings (SSSR count). The number of hydrogen-bond acceptors (Lipinski definition) is 4. The van der Waals surface area contributed by atoms with Crippen molar-refractivity contribution >= 4 is 11.9 Å². The van der Waals surface area contributed by atoms with Crippen LogP contribution < -0.4 is 10.1 Å². The third-order valence-corrected chi connectivity index (χ3v) is 3.68. The van der Waals surface area contributed by atoms with E-state index in [1.54, 1.807) is 24.3 Å². The Hall–Kier alpha value is -2.86. The number of rotatable bonds is 8. The van der Waals surface area contributed by atoms with Gasteiger partial charge < -0.3 is 19.9 Å². The van der Waals surface area contributed by atoms with Crippen LogP contribution in [-0.2, 0) is 14.3 Å². The predicted octanol–water partition coefficient (Wildman–Crippen LogP) is 2.71. The van der Waals surface area contributed by atoms with Crippen molar-refractivity contribution in [1.82, 2.24) is 5.32 Å². The first-order chi connectivity index (χ1) is 12.0. The number of nitrogens with one attached hydrogen (secondary N) is 1. The van der Waals surface area contributed by atoms with Crippen LogP contribution in [0.2, 0.25) is 0 Å². The molecular weight excluding hydrogens is 322 g/mol. The SMILES string of the molecule is CO[C@@H](C(=O)NC(C)c1ccc(OCC(=O)O)cc1)c1ccccc1. The van der Waals surface area contributed by atoms with E-state index in [0.717, 1.165) is 11.1 Å². The number of benzene rings is 2. The number of carbonyl (C=O) groups is 2. The molecule has 0 aliphatic heterocycles. The van der Waals surface area contributed by atoms with Crippen LogP contribution in [-0.4, -0.2) is 30.7 Å². The van der Waals surface area contributed by atoms with E-state index in [2.05, 4.69) is 5.32 Å². The van der Waals surface area contributed by atoms with Crippen molar-refractivity contribution in [3.63, 3.8) is 0 Å². The number of methoxy groups -OCH3 is 1. The van der Waals surface area contributed by atoms with E-state index in [1.807, 2.05) is 37.3 Å². The highest BCUT2D eigenvalue weighted by molar-refractivity contribution is 5.82. The maximum atomic E-state index is 12.5. The van der Waals surface area contributed by atoms with Crippen LogP contribution in [0.3, 0.4) is 0 Å². The van der Waals surface area contributed by atoms with Crippen LogP contribution in [0, 0.1) is 0 Å². The normalized spacial score (nSPS) is 12.9. The molecule has 2 atom stereocenters.